The van der Waals surface area contributed by atoms with Crippen molar-refractivity contribution in [2.75, 3.05) is 24.2 Å². The molecule has 0 unspecified atom stereocenters. The molecule has 2 heterocycles. The highest BCUT2D eigenvalue weighted by molar-refractivity contribution is 8.01. The zero-order valence-corrected chi connectivity index (χ0v) is 14.3. The number of primary amides is 1. The number of hydrogen-bond donors (Lipinski definition) is 2. The topological polar surface area (TPSA) is 88.3 Å². The molecule has 25 heavy (non-hydrogen) atoms. The van der Waals surface area contributed by atoms with Crippen molar-refractivity contribution in [3.8, 4) is 0 Å². The van der Waals surface area contributed by atoms with Crippen LogP contribution in [0.25, 0.3) is 10.2 Å². The van der Waals surface area contributed by atoms with Crippen LogP contribution in [0.4, 0.5) is 23.7 Å². The van der Waals surface area contributed by atoms with E-state index in [0.29, 0.717) is 15.5 Å². The summed E-state index contributed by atoms with van der Waals surface area (Å²) in [6.07, 6.45) is -4.27. The molecule has 0 aliphatic carbocycles. The molecule has 0 atom stereocenters. The van der Waals surface area contributed by atoms with Crippen molar-refractivity contribution in [1.82, 2.24) is 9.88 Å². The van der Waals surface area contributed by atoms with Crippen LogP contribution in [0, 0.1) is 5.92 Å². The number of nitrogens with zero attached hydrogens (tertiary/aromatic N) is 2. The monoisotopic (exact) mass is 390 g/mol. The molecule has 1 aliphatic heterocycles. The van der Waals surface area contributed by atoms with Crippen LogP contribution in [-0.2, 0) is 4.79 Å². The maximum absolute atomic E-state index is 12.5. The number of carbonyl (C=O) groups is 2. The summed E-state index contributed by atoms with van der Waals surface area (Å²) in [4.78, 5) is 28.2. The largest absolute Gasteiger partial charge is 0.395 e. The average molecular weight is 390 g/mol. The lowest BCUT2D eigenvalue weighted by molar-refractivity contribution is -0.201. The second-order valence-corrected chi connectivity index (χ2v) is 7.74. The lowest BCUT2D eigenvalue weighted by Gasteiger charge is -2.39. The number of urea groups is 1. The molecule has 1 fully saturated rings. The highest BCUT2D eigenvalue weighted by Gasteiger charge is 2.48. The number of nitrogens with one attached hydrogen (secondary N) is 1. The Morgan fingerprint density at radius 1 is 1.40 bits per heavy atom. The van der Waals surface area contributed by atoms with E-state index in [0.717, 1.165) is 9.60 Å². The number of benzene rings is 1. The molecule has 1 aromatic heterocycles. The van der Waals surface area contributed by atoms with E-state index in [1.165, 1.54) is 23.1 Å². The van der Waals surface area contributed by atoms with Gasteiger partial charge in [0.05, 0.1) is 21.9 Å². The van der Waals surface area contributed by atoms with Crippen LogP contribution in [0.5, 0.6) is 0 Å². The molecule has 134 valence electrons. The Morgan fingerprint density at radius 3 is 2.76 bits per heavy atom. The Morgan fingerprint density at radius 2 is 2.12 bits per heavy atom. The first-order valence-electron chi connectivity index (χ1n) is 7.16. The smallest absolute Gasteiger partial charge is 0.369 e. The zero-order valence-electron chi connectivity index (χ0n) is 12.7. The van der Waals surface area contributed by atoms with E-state index >= 15 is 0 Å². The molecule has 3 rings (SSSR count). The molecule has 11 heteroatoms. The fourth-order valence-corrected chi connectivity index (χ4v) is 4.08. The second-order valence-electron chi connectivity index (χ2n) is 5.49. The molecule has 1 aromatic carbocycles. The number of amides is 3. The van der Waals surface area contributed by atoms with Crippen molar-refractivity contribution in [3.05, 3.63) is 18.2 Å². The zero-order chi connectivity index (χ0) is 18.2. The van der Waals surface area contributed by atoms with Gasteiger partial charge < -0.3 is 16.0 Å². The third-order valence-corrected chi connectivity index (χ3v) is 5.77. The molecule has 1 saturated heterocycles. The van der Waals surface area contributed by atoms with E-state index < -0.39 is 24.0 Å². The standard InChI is InChI=1S/C14H13F3N4O2S2/c15-14(16,17)7-4-21(5-7)12(23)19-8-1-2-9-10(3-8)25-13(20-9)24-6-11(18)22/h1-3,7H,4-6H2,(H2,18,22)(H,19,23). The summed E-state index contributed by atoms with van der Waals surface area (Å²) >= 11 is 2.57. The first-order chi connectivity index (χ1) is 11.7. The minimum Gasteiger partial charge on any atom is -0.369 e. The lowest BCUT2D eigenvalue weighted by Crippen LogP contribution is -2.56. The van der Waals surface area contributed by atoms with Gasteiger partial charge in [0.2, 0.25) is 5.91 Å². The van der Waals surface area contributed by atoms with Gasteiger partial charge in [-0.1, -0.05) is 11.8 Å². The van der Waals surface area contributed by atoms with Crippen LogP contribution >= 0.6 is 23.1 Å². The van der Waals surface area contributed by atoms with Crippen molar-refractivity contribution < 1.29 is 22.8 Å². The molecule has 0 saturated carbocycles. The number of halogens is 3. The van der Waals surface area contributed by atoms with Gasteiger partial charge in [-0.25, -0.2) is 9.78 Å². The third-order valence-electron chi connectivity index (χ3n) is 3.59. The van der Waals surface area contributed by atoms with Crippen molar-refractivity contribution in [2.45, 2.75) is 10.5 Å². The van der Waals surface area contributed by atoms with Crippen LogP contribution < -0.4 is 11.1 Å². The van der Waals surface area contributed by atoms with Crippen molar-refractivity contribution >= 4 is 50.9 Å². The molecule has 1 aliphatic rings. The molecular weight excluding hydrogens is 377 g/mol. The molecule has 0 spiro atoms. The van der Waals surface area contributed by atoms with Crippen molar-refractivity contribution in [2.24, 2.45) is 11.7 Å². The van der Waals surface area contributed by atoms with Gasteiger partial charge in [-0.2, -0.15) is 13.2 Å². The Balaban J connectivity index is 1.62. The van der Waals surface area contributed by atoms with Crippen LogP contribution in [0.15, 0.2) is 22.5 Å². The van der Waals surface area contributed by atoms with E-state index in [2.05, 4.69) is 10.3 Å². The predicted molar refractivity (Wildman–Crippen MR) is 89.7 cm³/mol. The van der Waals surface area contributed by atoms with Gasteiger partial charge in [0.1, 0.15) is 0 Å². The number of alkyl halides is 3. The van der Waals surface area contributed by atoms with Gasteiger partial charge in [0.15, 0.2) is 4.34 Å². The third kappa shape index (κ3) is 4.15. The maximum atomic E-state index is 12.5. The quantitative estimate of drug-likeness (QED) is 0.786. The van der Waals surface area contributed by atoms with E-state index in [1.807, 2.05) is 0 Å². The Hall–Kier alpha value is -2.01. The van der Waals surface area contributed by atoms with Gasteiger partial charge in [-0.3, -0.25) is 4.79 Å². The van der Waals surface area contributed by atoms with Gasteiger partial charge in [-0.15, -0.1) is 11.3 Å². The number of thioether (sulfide) groups is 1. The summed E-state index contributed by atoms with van der Waals surface area (Å²) in [7, 11) is 0. The molecule has 0 bridgehead atoms. The number of aromatic nitrogens is 1. The summed E-state index contributed by atoms with van der Waals surface area (Å²) < 4.78 is 38.8. The molecule has 2 aromatic rings. The Labute approximate surface area is 148 Å². The minimum atomic E-state index is -4.27. The number of rotatable bonds is 4. The fraction of sp³-hybridized carbons (Fsp3) is 0.357. The van der Waals surface area contributed by atoms with Gasteiger partial charge in [-0.05, 0) is 18.2 Å². The SMILES string of the molecule is NC(=O)CSc1nc2ccc(NC(=O)N3CC(C(F)(F)F)C3)cc2s1. The van der Waals surface area contributed by atoms with Gasteiger partial charge in [0, 0.05) is 18.8 Å². The summed E-state index contributed by atoms with van der Waals surface area (Å²) in [6.45, 7) is -0.655. The van der Waals surface area contributed by atoms with E-state index in [4.69, 9.17) is 5.73 Å². The first-order valence-corrected chi connectivity index (χ1v) is 8.97. The van der Waals surface area contributed by atoms with Crippen molar-refractivity contribution in [3.63, 3.8) is 0 Å². The highest BCUT2D eigenvalue weighted by atomic mass is 32.2. The average Bonchev–Trinajstić information content (AvgIpc) is 2.84. The van der Waals surface area contributed by atoms with E-state index in [-0.39, 0.29) is 18.8 Å². The molecular formula is C14H13F3N4O2S2. The highest BCUT2D eigenvalue weighted by Crippen LogP contribution is 2.34. The second kappa shape index (κ2) is 6.71. The Kier molecular flexibility index (Phi) is 4.78. The summed E-state index contributed by atoms with van der Waals surface area (Å²) in [5.74, 6) is -1.77. The number of anilines is 1. The molecule has 3 N–H and O–H groups in total. The van der Waals surface area contributed by atoms with Crippen LogP contribution in [0.1, 0.15) is 0 Å². The van der Waals surface area contributed by atoms with Crippen LogP contribution in [-0.4, -0.2) is 46.8 Å². The first kappa shape index (κ1) is 17.8. The minimum absolute atomic E-state index is 0.124. The number of thiazole rings is 1. The predicted octanol–water partition coefficient (Wildman–Crippen LogP) is 2.90. The number of hydrogen-bond acceptors (Lipinski definition) is 5. The normalized spacial score (nSPS) is 15.2. The summed E-state index contributed by atoms with van der Waals surface area (Å²) in [6, 6.07) is 4.46. The van der Waals surface area contributed by atoms with Crippen LogP contribution in [0.3, 0.4) is 0 Å². The van der Waals surface area contributed by atoms with E-state index in [9.17, 15) is 22.8 Å². The van der Waals surface area contributed by atoms with Gasteiger partial charge in [0.25, 0.3) is 0 Å². The van der Waals surface area contributed by atoms with E-state index in [1.54, 1.807) is 18.2 Å². The van der Waals surface area contributed by atoms with Crippen molar-refractivity contribution in [1.29, 1.82) is 0 Å². The molecule has 0 radical (unpaired) electrons. The fourth-order valence-electron chi connectivity index (χ4n) is 2.23. The molecule has 6 nitrogen and oxygen atoms in total. The van der Waals surface area contributed by atoms with Crippen LogP contribution in [0.2, 0.25) is 0 Å². The number of likely N-dealkylation sites (tertiary alicyclic amines) is 1. The number of nitrogens with two attached hydrogens (primary N) is 1. The number of carbonyl (C=O) groups excluding carboxylic acids is 2. The molecule has 3 amide bonds. The number of fused-ring (bicyclic) bond motifs is 1. The summed E-state index contributed by atoms with van der Waals surface area (Å²) in [5.41, 5.74) is 6.27. The Bertz CT molecular complexity index is 818. The maximum Gasteiger partial charge on any atom is 0.395 e. The van der Waals surface area contributed by atoms with Gasteiger partial charge >= 0.3 is 12.2 Å². The summed E-state index contributed by atoms with van der Waals surface area (Å²) in [5, 5.41) is 2.59. The lowest BCUT2D eigenvalue weighted by atomic mass is 10.0.